The molecule has 0 heterocycles. The van der Waals surface area contributed by atoms with E-state index in [1.165, 1.54) is 51.4 Å². The molecule has 0 radical (unpaired) electrons. The topological polar surface area (TPSA) is 0 Å². The molecule has 0 rings (SSSR count). The van der Waals surface area contributed by atoms with Crippen LogP contribution in [0.1, 0.15) is 72.1 Å². The molecule has 14 heavy (non-hydrogen) atoms. The minimum Gasteiger partial charge on any atom is -0.0888 e. The Morgan fingerprint density at radius 3 is 2.07 bits per heavy atom. The molecule has 0 amide bonds. The van der Waals surface area contributed by atoms with E-state index in [2.05, 4.69) is 36.7 Å². The van der Waals surface area contributed by atoms with Crippen LogP contribution in [0.5, 0.6) is 0 Å². The van der Waals surface area contributed by atoms with Gasteiger partial charge >= 0.3 is 0 Å². The maximum atomic E-state index is 3.79. The predicted molar refractivity (Wildman–Crippen MR) is 70.2 cm³/mol. The molecule has 0 bridgehead atoms. The second kappa shape index (κ2) is 10.0. The van der Waals surface area contributed by atoms with Gasteiger partial charge in [-0.15, -0.1) is 0 Å². The minimum atomic E-state index is 0.749. The Bertz CT molecular complexity index is 112. The van der Waals surface area contributed by atoms with Crippen molar-refractivity contribution in [3.8, 4) is 0 Å². The molecule has 86 valence electrons. The average molecular weight is 263 g/mol. The van der Waals surface area contributed by atoms with Crippen molar-refractivity contribution in [1.82, 2.24) is 0 Å². The summed E-state index contributed by atoms with van der Waals surface area (Å²) in [6.07, 6.45) is 11.1. The molecule has 0 aliphatic carbocycles. The van der Waals surface area contributed by atoms with Gasteiger partial charge in [0.2, 0.25) is 0 Å². The zero-order valence-corrected chi connectivity index (χ0v) is 11.8. The van der Waals surface area contributed by atoms with Crippen molar-refractivity contribution in [3.63, 3.8) is 0 Å². The molecule has 0 fully saturated rings. The normalized spacial score (nSPS) is 15.4. The molecule has 0 nitrogen and oxygen atoms in total. The highest BCUT2D eigenvalue weighted by molar-refractivity contribution is 9.09. The van der Waals surface area contributed by atoms with Gasteiger partial charge in [0.1, 0.15) is 0 Å². The van der Waals surface area contributed by atoms with Crippen LogP contribution in [0.3, 0.4) is 0 Å². The van der Waals surface area contributed by atoms with Crippen LogP contribution in [0.2, 0.25) is 0 Å². The smallest absolute Gasteiger partial charge is 0.0171 e. The summed E-state index contributed by atoms with van der Waals surface area (Å²) in [5.41, 5.74) is 0. The quantitative estimate of drug-likeness (QED) is 0.378. The van der Waals surface area contributed by atoms with Gasteiger partial charge in [0.05, 0.1) is 0 Å². The predicted octanol–water partition coefficient (Wildman–Crippen LogP) is 5.55. The first-order valence-electron chi connectivity index (χ1n) is 6.36. The van der Waals surface area contributed by atoms with Crippen molar-refractivity contribution >= 4 is 15.9 Å². The molecule has 1 heteroatoms. The lowest BCUT2D eigenvalue weighted by molar-refractivity contribution is 0.459. The van der Waals surface area contributed by atoms with Crippen molar-refractivity contribution in [3.05, 3.63) is 0 Å². The third kappa shape index (κ3) is 7.84. The second-order valence-electron chi connectivity index (χ2n) is 4.48. The van der Waals surface area contributed by atoms with E-state index in [4.69, 9.17) is 0 Å². The molecule has 2 atom stereocenters. The van der Waals surface area contributed by atoms with Crippen LogP contribution in [0, 0.1) is 5.92 Å². The Hall–Kier alpha value is 0.480. The molecule has 0 saturated heterocycles. The van der Waals surface area contributed by atoms with Gasteiger partial charge < -0.3 is 0 Å². The van der Waals surface area contributed by atoms with E-state index < -0.39 is 0 Å². The van der Waals surface area contributed by atoms with E-state index in [-0.39, 0.29) is 0 Å². The van der Waals surface area contributed by atoms with Gasteiger partial charge in [-0.2, -0.15) is 0 Å². The van der Waals surface area contributed by atoms with Gasteiger partial charge in [-0.25, -0.2) is 0 Å². The lowest BCUT2D eigenvalue weighted by Crippen LogP contribution is -2.10. The van der Waals surface area contributed by atoms with Crippen LogP contribution in [-0.2, 0) is 0 Å². The molecule has 0 spiro atoms. The van der Waals surface area contributed by atoms with E-state index in [1.807, 2.05) is 0 Å². The fraction of sp³-hybridized carbons (Fsp3) is 1.00. The Labute approximate surface area is 99.0 Å². The van der Waals surface area contributed by atoms with Crippen LogP contribution in [0.25, 0.3) is 0 Å². The number of hydrogen-bond acceptors (Lipinski definition) is 0. The van der Waals surface area contributed by atoms with Gasteiger partial charge in [0.15, 0.2) is 0 Å². The van der Waals surface area contributed by atoms with Crippen LogP contribution in [0.4, 0.5) is 0 Å². The maximum Gasteiger partial charge on any atom is 0.0171 e. The third-order valence-corrected chi connectivity index (χ3v) is 4.31. The molecule has 2 unspecified atom stereocenters. The van der Waals surface area contributed by atoms with Crippen LogP contribution in [0.15, 0.2) is 0 Å². The lowest BCUT2D eigenvalue weighted by Gasteiger charge is -2.17. The number of alkyl halides is 1. The van der Waals surface area contributed by atoms with Crippen LogP contribution < -0.4 is 0 Å². The first-order chi connectivity index (χ1) is 6.72. The highest BCUT2D eigenvalue weighted by atomic mass is 79.9. The average Bonchev–Trinajstić information content (AvgIpc) is 2.17. The molecule has 0 aromatic heterocycles. The van der Waals surface area contributed by atoms with E-state index in [1.54, 1.807) is 0 Å². The Morgan fingerprint density at radius 1 is 0.857 bits per heavy atom. The monoisotopic (exact) mass is 262 g/mol. The maximum absolute atomic E-state index is 3.79. The molecule has 0 aromatic rings. The Morgan fingerprint density at radius 2 is 1.50 bits per heavy atom. The first kappa shape index (κ1) is 14.5. The van der Waals surface area contributed by atoms with Crippen molar-refractivity contribution in [2.75, 3.05) is 0 Å². The van der Waals surface area contributed by atoms with Crippen molar-refractivity contribution in [2.45, 2.75) is 77.0 Å². The number of hydrogen-bond donors (Lipinski definition) is 0. The van der Waals surface area contributed by atoms with E-state index >= 15 is 0 Å². The van der Waals surface area contributed by atoms with Gasteiger partial charge in [0, 0.05) is 4.83 Å². The molecule has 0 aliphatic rings. The zero-order chi connectivity index (χ0) is 10.8. The summed E-state index contributed by atoms with van der Waals surface area (Å²) >= 11 is 3.79. The Kier molecular flexibility index (Phi) is 10.4. The highest BCUT2D eigenvalue weighted by Gasteiger charge is 2.11. The summed E-state index contributed by atoms with van der Waals surface area (Å²) in [5.74, 6) is 0.858. The fourth-order valence-electron chi connectivity index (χ4n) is 1.81. The van der Waals surface area contributed by atoms with Gasteiger partial charge in [0.25, 0.3) is 0 Å². The SMILES string of the molecule is CCCCCCCC(C)C(Br)CCC. The van der Waals surface area contributed by atoms with Crippen molar-refractivity contribution < 1.29 is 0 Å². The number of halogens is 1. The second-order valence-corrected chi connectivity index (χ2v) is 5.66. The standard InChI is InChI=1S/C13H27Br/c1-4-6-7-8-9-11-12(3)13(14)10-5-2/h12-13H,4-11H2,1-3H3. The summed E-state index contributed by atoms with van der Waals surface area (Å²) in [7, 11) is 0. The molecule has 0 saturated carbocycles. The van der Waals surface area contributed by atoms with E-state index in [9.17, 15) is 0 Å². The van der Waals surface area contributed by atoms with Crippen LogP contribution in [-0.4, -0.2) is 4.83 Å². The summed E-state index contributed by atoms with van der Waals surface area (Å²) < 4.78 is 0. The number of unbranched alkanes of at least 4 members (excludes halogenated alkanes) is 4. The molecule has 0 N–H and O–H groups in total. The third-order valence-electron chi connectivity index (χ3n) is 2.94. The van der Waals surface area contributed by atoms with Crippen molar-refractivity contribution in [2.24, 2.45) is 5.92 Å². The van der Waals surface area contributed by atoms with Gasteiger partial charge in [-0.3, -0.25) is 0 Å². The first-order valence-corrected chi connectivity index (χ1v) is 7.28. The lowest BCUT2D eigenvalue weighted by atomic mass is 9.97. The summed E-state index contributed by atoms with van der Waals surface area (Å²) in [5, 5.41) is 0. The minimum absolute atomic E-state index is 0.749. The number of rotatable bonds is 9. The summed E-state index contributed by atoms with van der Waals surface area (Å²) in [4.78, 5) is 0.749. The van der Waals surface area contributed by atoms with E-state index in [0.29, 0.717) is 0 Å². The van der Waals surface area contributed by atoms with Crippen LogP contribution >= 0.6 is 15.9 Å². The van der Waals surface area contributed by atoms with Gasteiger partial charge in [-0.05, 0) is 18.8 Å². The van der Waals surface area contributed by atoms with Crippen molar-refractivity contribution in [1.29, 1.82) is 0 Å². The molecule has 0 aliphatic heterocycles. The fourth-order valence-corrected chi connectivity index (χ4v) is 2.53. The molecule has 0 aromatic carbocycles. The van der Waals surface area contributed by atoms with E-state index in [0.717, 1.165) is 10.7 Å². The molecular weight excluding hydrogens is 236 g/mol. The summed E-state index contributed by atoms with van der Waals surface area (Å²) in [6, 6.07) is 0. The van der Waals surface area contributed by atoms with Gasteiger partial charge in [-0.1, -0.05) is 75.2 Å². The Balaban J connectivity index is 3.29. The highest BCUT2D eigenvalue weighted by Crippen LogP contribution is 2.23. The molecular formula is C13H27Br. The summed E-state index contributed by atoms with van der Waals surface area (Å²) in [6.45, 7) is 6.93. The zero-order valence-electron chi connectivity index (χ0n) is 10.2. The largest absolute Gasteiger partial charge is 0.0888 e.